The summed E-state index contributed by atoms with van der Waals surface area (Å²) in [4.78, 5) is 0. The summed E-state index contributed by atoms with van der Waals surface area (Å²) in [6, 6.07) is 11.5. The minimum absolute atomic E-state index is 0.827. The van der Waals surface area contributed by atoms with Gasteiger partial charge in [-0.15, -0.1) is 0 Å². The summed E-state index contributed by atoms with van der Waals surface area (Å²) in [5.41, 5.74) is 1.86. The number of rotatable bonds is 2. The normalized spacial score (nSPS) is 9.79. The molecule has 0 amide bonds. The van der Waals surface area contributed by atoms with E-state index in [0.717, 1.165) is 17.0 Å². The average Bonchev–Trinajstić information content (AvgIpc) is 2.30. The predicted octanol–water partition coefficient (Wildman–Crippen LogP) is 2.15. The molecule has 0 bridgehead atoms. The molecule has 3 heteroatoms. The molecule has 3 nitrogen and oxygen atoms in total. The highest BCUT2D eigenvalue weighted by molar-refractivity contribution is 5.60. The molecule has 1 heterocycles. The van der Waals surface area contributed by atoms with Gasteiger partial charge in [-0.1, -0.05) is 12.1 Å². The van der Waals surface area contributed by atoms with E-state index in [9.17, 15) is 0 Å². The zero-order chi connectivity index (χ0) is 9.80. The highest BCUT2D eigenvalue weighted by Crippen LogP contribution is 2.20. The predicted molar refractivity (Wildman–Crippen MR) is 54.0 cm³/mol. The minimum Gasteiger partial charge on any atom is -0.497 e. The first-order chi connectivity index (χ1) is 6.90. The molecule has 0 unspecified atom stereocenters. The molecule has 0 spiro atoms. The van der Waals surface area contributed by atoms with Crippen LogP contribution in [-0.4, -0.2) is 17.3 Å². The van der Waals surface area contributed by atoms with Crippen LogP contribution in [0, 0.1) is 0 Å². The Morgan fingerprint density at radius 3 is 2.79 bits per heavy atom. The average molecular weight is 186 g/mol. The summed E-state index contributed by atoms with van der Waals surface area (Å²) in [5, 5.41) is 7.84. The lowest BCUT2D eigenvalue weighted by atomic mass is 10.1. The molecule has 0 radical (unpaired) electrons. The Bertz CT molecular complexity index is 415. The summed E-state index contributed by atoms with van der Waals surface area (Å²) in [5.74, 6) is 0.827. The van der Waals surface area contributed by atoms with Crippen LogP contribution in [0.25, 0.3) is 11.3 Å². The van der Waals surface area contributed by atoms with Crippen LogP contribution < -0.4 is 4.74 Å². The number of aromatic nitrogens is 2. The molecule has 0 N–H and O–H groups in total. The van der Waals surface area contributed by atoms with Crippen molar-refractivity contribution in [3.63, 3.8) is 0 Å². The van der Waals surface area contributed by atoms with Crippen molar-refractivity contribution in [3.8, 4) is 17.0 Å². The summed E-state index contributed by atoms with van der Waals surface area (Å²) >= 11 is 0. The van der Waals surface area contributed by atoms with Crippen molar-refractivity contribution in [1.29, 1.82) is 0 Å². The van der Waals surface area contributed by atoms with Gasteiger partial charge in [-0.05, 0) is 24.3 Å². The van der Waals surface area contributed by atoms with Crippen molar-refractivity contribution in [2.75, 3.05) is 7.11 Å². The maximum absolute atomic E-state index is 5.13. The molecular formula is C11H10N2O. The highest BCUT2D eigenvalue weighted by Gasteiger charge is 1.99. The smallest absolute Gasteiger partial charge is 0.119 e. The second kappa shape index (κ2) is 3.87. The zero-order valence-electron chi connectivity index (χ0n) is 7.84. The largest absolute Gasteiger partial charge is 0.497 e. The van der Waals surface area contributed by atoms with E-state index >= 15 is 0 Å². The standard InChI is InChI=1S/C11H10N2O/c1-14-10-5-2-4-9(8-10)11-6-3-7-12-13-11/h2-8H,1H3. The van der Waals surface area contributed by atoms with Crippen LogP contribution in [0.15, 0.2) is 42.6 Å². The monoisotopic (exact) mass is 186 g/mol. The summed E-state index contributed by atoms with van der Waals surface area (Å²) in [6.45, 7) is 0. The van der Waals surface area contributed by atoms with E-state index in [1.165, 1.54) is 0 Å². The first kappa shape index (κ1) is 8.69. The quantitative estimate of drug-likeness (QED) is 0.720. The number of benzene rings is 1. The number of nitrogens with zero attached hydrogens (tertiary/aromatic N) is 2. The van der Waals surface area contributed by atoms with Crippen molar-refractivity contribution >= 4 is 0 Å². The van der Waals surface area contributed by atoms with E-state index in [1.54, 1.807) is 13.3 Å². The lowest BCUT2D eigenvalue weighted by Crippen LogP contribution is -1.87. The van der Waals surface area contributed by atoms with Crippen molar-refractivity contribution in [2.24, 2.45) is 0 Å². The summed E-state index contributed by atoms with van der Waals surface area (Å²) < 4.78 is 5.13. The van der Waals surface area contributed by atoms with Crippen molar-refractivity contribution in [1.82, 2.24) is 10.2 Å². The topological polar surface area (TPSA) is 35.0 Å². The van der Waals surface area contributed by atoms with Gasteiger partial charge in [0.25, 0.3) is 0 Å². The van der Waals surface area contributed by atoms with Crippen LogP contribution in [0.5, 0.6) is 5.75 Å². The Kier molecular flexibility index (Phi) is 2.40. The maximum atomic E-state index is 5.13. The van der Waals surface area contributed by atoms with Gasteiger partial charge in [0.2, 0.25) is 0 Å². The zero-order valence-corrected chi connectivity index (χ0v) is 7.84. The number of methoxy groups -OCH3 is 1. The van der Waals surface area contributed by atoms with Crippen molar-refractivity contribution in [2.45, 2.75) is 0 Å². The van der Waals surface area contributed by atoms with E-state index in [0.29, 0.717) is 0 Å². The molecular weight excluding hydrogens is 176 g/mol. The van der Waals surface area contributed by atoms with Crippen LogP contribution in [0.2, 0.25) is 0 Å². The lowest BCUT2D eigenvalue weighted by molar-refractivity contribution is 0.415. The Morgan fingerprint density at radius 2 is 2.07 bits per heavy atom. The lowest BCUT2D eigenvalue weighted by Gasteiger charge is -2.02. The van der Waals surface area contributed by atoms with Crippen LogP contribution in [-0.2, 0) is 0 Å². The Balaban J connectivity index is 2.42. The molecule has 0 aliphatic rings. The highest BCUT2D eigenvalue weighted by atomic mass is 16.5. The molecule has 0 aliphatic heterocycles. The third-order valence-electron chi connectivity index (χ3n) is 1.94. The molecule has 1 aromatic heterocycles. The second-order valence-corrected chi connectivity index (χ2v) is 2.84. The Labute approximate surface area is 82.4 Å². The van der Waals surface area contributed by atoms with E-state index in [2.05, 4.69) is 10.2 Å². The molecule has 0 saturated heterocycles. The third kappa shape index (κ3) is 1.71. The van der Waals surface area contributed by atoms with E-state index < -0.39 is 0 Å². The van der Waals surface area contributed by atoms with Gasteiger partial charge in [-0.2, -0.15) is 10.2 Å². The number of hydrogen-bond donors (Lipinski definition) is 0. The Morgan fingerprint density at radius 1 is 1.14 bits per heavy atom. The van der Waals surface area contributed by atoms with Gasteiger partial charge in [0, 0.05) is 11.8 Å². The Hall–Kier alpha value is -1.90. The van der Waals surface area contributed by atoms with Crippen LogP contribution in [0.1, 0.15) is 0 Å². The molecule has 70 valence electrons. The first-order valence-corrected chi connectivity index (χ1v) is 4.32. The van der Waals surface area contributed by atoms with Gasteiger partial charge in [-0.25, -0.2) is 0 Å². The van der Waals surface area contributed by atoms with E-state index in [4.69, 9.17) is 4.74 Å². The first-order valence-electron chi connectivity index (χ1n) is 4.32. The molecule has 1 aromatic carbocycles. The van der Waals surface area contributed by atoms with Gasteiger partial charge < -0.3 is 4.74 Å². The van der Waals surface area contributed by atoms with Gasteiger partial charge >= 0.3 is 0 Å². The van der Waals surface area contributed by atoms with Crippen molar-refractivity contribution < 1.29 is 4.74 Å². The summed E-state index contributed by atoms with van der Waals surface area (Å²) in [7, 11) is 1.65. The van der Waals surface area contributed by atoms with Gasteiger partial charge in [0.05, 0.1) is 12.8 Å². The molecule has 2 aromatic rings. The van der Waals surface area contributed by atoms with Crippen LogP contribution in [0.3, 0.4) is 0 Å². The van der Waals surface area contributed by atoms with E-state index in [1.807, 2.05) is 36.4 Å². The fraction of sp³-hybridized carbons (Fsp3) is 0.0909. The van der Waals surface area contributed by atoms with E-state index in [-0.39, 0.29) is 0 Å². The molecule has 0 fully saturated rings. The van der Waals surface area contributed by atoms with Gasteiger partial charge in [0.1, 0.15) is 5.75 Å². The number of ether oxygens (including phenoxy) is 1. The maximum Gasteiger partial charge on any atom is 0.119 e. The fourth-order valence-corrected chi connectivity index (χ4v) is 1.24. The third-order valence-corrected chi connectivity index (χ3v) is 1.94. The second-order valence-electron chi connectivity index (χ2n) is 2.84. The minimum atomic E-state index is 0.827. The summed E-state index contributed by atoms with van der Waals surface area (Å²) in [6.07, 6.45) is 1.66. The van der Waals surface area contributed by atoms with Crippen LogP contribution in [0.4, 0.5) is 0 Å². The van der Waals surface area contributed by atoms with Crippen LogP contribution >= 0.6 is 0 Å². The molecule has 14 heavy (non-hydrogen) atoms. The molecule has 0 atom stereocenters. The SMILES string of the molecule is COc1cccc(-c2cccnn2)c1. The van der Waals surface area contributed by atoms with Gasteiger partial charge in [0.15, 0.2) is 0 Å². The molecule has 0 saturated carbocycles. The van der Waals surface area contributed by atoms with Gasteiger partial charge in [-0.3, -0.25) is 0 Å². The molecule has 0 aliphatic carbocycles. The van der Waals surface area contributed by atoms with Crippen molar-refractivity contribution in [3.05, 3.63) is 42.6 Å². The fourth-order valence-electron chi connectivity index (χ4n) is 1.24. The number of hydrogen-bond acceptors (Lipinski definition) is 3. The molecule has 2 rings (SSSR count).